The largest absolute Gasteiger partial charge is 0.423 e. The van der Waals surface area contributed by atoms with Crippen LogP contribution in [0, 0.1) is 5.92 Å². The lowest BCUT2D eigenvalue weighted by atomic mass is 9.90. The molecule has 5 aromatic rings. The number of rotatable bonds is 5. The molecule has 2 aliphatic rings. The second kappa shape index (κ2) is 10.0. The number of benzene rings is 5. The molecule has 7 heteroatoms. The molecule has 0 unspecified atom stereocenters. The van der Waals surface area contributed by atoms with Crippen LogP contribution in [0.5, 0.6) is 5.75 Å². The average Bonchev–Trinajstić information content (AvgIpc) is 3.53. The van der Waals surface area contributed by atoms with Crippen LogP contribution < -0.4 is 14.7 Å². The number of imide groups is 1. The maximum absolute atomic E-state index is 14.1. The third-order valence-electron chi connectivity index (χ3n) is 7.58. The van der Waals surface area contributed by atoms with Gasteiger partial charge in [0, 0.05) is 5.39 Å². The number of nitrogens with zero attached hydrogens (tertiary/aromatic N) is 2. The van der Waals surface area contributed by atoms with Gasteiger partial charge in [0.2, 0.25) is 5.91 Å². The Bertz CT molecular complexity index is 1770. The van der Waals surface area contributed by atoms with E-state index in [0.29, 0.717) is 17.0 Å². The second-order valence-electron chi connectivity index (χ2n) is 9.99. The van der Waals surface area contributed by atoms with Gasteiger partial charge >= 0.3 is 5.97 Å². The Labute approximate surface area is 236 Å². The summed E-state index contributed by atoms with van der Waals surface area (Å²) >= 11 is 0. The Balaban J connectivity index is 1.24. The van der Waals surface area contributed by atoms with Crippen LogP contribution >= 0.6 is 0 Å². The number of hydrogen-bond donors (Lipinski definition) is 0. The predicted octanol–water partition coefficient (Wildman–Crippen LogP) is 6.11. The van der Waals surface area contributed by atoms with Crippen LogP contribution in [0.4, 0.5) is 11.4 Å². The van der Waals surface area contributed by atoms with Crippen LogP contribution in [0.15, 0.2) is 127 Å². The zero-order chi connectivity index (χ0) is 27.9. The predicted molar refractivity (Wildman–Crippen MR) is 154 cm³/mol. The number of hydrogen-bond acceptors (Lipinski definition) is 6. The van der Waals surface area contributed by atoms with Crippen molar-refractivity contribution in [2.45, 2.75) is 12.1 Å². The zero-order valence-corrected chi connectivity index (χ0v) is 21.8. The lowest BCUT2D eigenvalue weighted by Gasteiger charge is -2.29. The molecule has 7 nitrogen and oxygen atoms in total. The van der Waals surface area contributed by atoms with Gasteiger partial charge in [0.05, 0.1) is 23.0 Å². The van der Waals surface area contributed by atoms with Gasteiger partial charge in [0.1, 0.15) is 11.7 Å². The van der Waals surface area contributed by atoms with Crippen molar-refractivity contribution < 1.29 is 24.0 Å². The Kier molecular flexibility index (Phi) is 6.06. The highest BCUT2D eigenvalue weighted by Crippen LogP contribution is 2.48. The van der Waals surface area contributed by atoms with Gasteiger partial charge in [0.25, 0.3) is 5.91 Å². The first-order chi connectivity index (χ1) is 20.1. The van der Waals surface area contributed by atoms with Crippen molar-refractivity contribution >= 4 is 39.9 Å². The summed E-state index contributed by atoms with van der Waals surface area (Å²) in [6, 6.07) is 37.8. The molecular formula is C34H24N2O5. The highest BCUT2D eigenvalue weighted by molar-refractivity contribution is 6.26. The third kappa shape index (κ3) is 4.23. The summed E-state index contributed by atoms with van der Waals surface area (Å²) < 4.78 is 5.56. The highest BCUT2D eigenvalue weighted by atomic mass is 16.7. The van der Waals surface area contributed by atoms with Crippen molar-refractivity contribution in [1.29, 1.82) is 0 Å². The van der Waals surface area contributed by atoms with E-state index in [2.05, 4.69) is 0 Å². The topological polar surface area (TPSA) is 76.2 Å². The molecule has 2 saturated heterocycles. The number of carbonyl (C=O) groups excluding carboxylic acids is 3. The van der Waals surface area contributed by atoms with E-state index in [1.807, 2.05) is 72.8 Å². The number of carbonyl (C=O) groups is 3. The number of amides is 2. The van der Waals surface area contributed by atoms with Gasteiger partial charge < -0.3 is 4.74 Å². The van der Waals surface area contributed by atoms with Gasteiger partial charge in [-0.05, 0) is 53.4 Å². The van der Waals surface area contributed by atoms with Crippen molar-refractivity contribution in [2.24, 2.45) is 5.92 Å². The van der Waals surface area contributed by atoms with Crippen molar-refractivity contribution in [1.82, 2.24) is 0 Å². The maximum Gasteiger partial charge on any atom is 0.343 e. The molecule has 3 atom stereocenters. The van der Waals surface area contributed by atoms with Crippen molar-refractivity contribution in [3.8, 4) is 5.75 Å². The fourth-order valence-corrected chi connectivity index (χ4v) is 5.67. The summed E-state index contributed by atoms with van der Waals surface area (Å²) in [6.45, 7) is 0. The van der Waals surface area contributed by atoms with E-state index in [0.717, 1.165) is 22.0 Å². The molecule has 0 aliphatic carbocycles. The van der Waals surface area contributed by atoms with E-state index in [9.17, 15) is 14.4 Å². The van der Waals surface area contributed by atoms with E-state index in [4.69, 9.17) is 9.57 Å². The molecule has 0 radical (unpaired) electrons. The summed E-state index contributed by atoms with van der Waals surface area (Å²) in [7, 11) is 0. The molecule has 41 heavy (non-hydrogen) atoms. The summed E-state index contributed by atoms with van der Waals surface area (Å²) in [5, 5.41) is 3.40. The summed E-state index contributed by atoms with van der Waals surface area (Å²) in [6.07, 6.45) is -0.984. The maximum atomic E-state index is 14.1. The van der Waals surface area contributed by atoms with E-state index in [-0.39, 0.29) is 5.91 Å². The molecule has 2 amide bonds. The van der Waals surface area contributed by atoms with Crippen LogP contribution in [0.2, 0.25) is 0 Å². The van der Waals surface area contributed by atoms with Gasteiger partial charge in [-0.2, -0.15) is 0 Å². The van der Waals surface area contributed by atoms with Crippen LogP contribution in [0.25, 0.3) is 10.8 Å². The Morgan fingerprint density at radius 1 is 0.683 bits per heavy atom. The van der Waals surface area contributed by atoms with Gasteiger partial charge in [-0.3, -0.25) is 14.4 Å². The normalized spacial score (nSPS) is 20.0. The molecule has 0 bridgehead atoms. The van der Waals surface area contributed by atoms with E-state index < -0.39 is 29.9 Å². The average molecular weight is 541 g/mol. The highest BCUT2D eigenvalue weighted by Gasteiger charge is 2.60. The molecule has 2 heterocycles. The number of anilines is 2. The molecule has 5 aromatic carbocycles. The molecule has 0 aromatic heterocycles. The number of ether oxygens (including phenoxy) is 1. The number of esters is 1. The van der Waals surface area contributed by atoms with Crippen molar-refractivity contribution in [2.75, 3.05) is 9.96 Å². The van der Waals surface area contributed by atoms with Crippen molar-refractivity contribution in [3.05, 3.63) is 139 Å². The number of para-hydroxylation sites is 1. The molecular weight excluding hydrogens is 516 g/mol. The molecule has 0 N–H and O–H groups in total. The van der Waals surface area contributed by atoms with Crippen LogP contribution in [-0.4, -0.2) is 23.9 Å². The Morgan fingerprint density at radius 3 is 2.10 bits per heavy atom. The first-order valence-electron chi connectivity index (χ1n) is 13.3. The fourth-order valence-electron chi connectivity index (χ4n) is 5.67. The number of fused-ring (bicyclic) bond motifs is 2. The summed E-state index contributed by atoms with van der Waals surface area (Å²) in [4.78, 5) is 48.0. The van der Waals surface area contributed by atoms with Gasteiger partial charge in [-0.15, -0.1) is 0 Å². The van der Waals surface area contributed by atoms with Gasteiger partial charge in [0.15, 0.2) is 6.10 Å². The molecule has 0 spiro atoms. The minimum absolute atomic E-state index is 0.320. The Morgan fingerprint density at radius 2 is 1.34 bits per heavy atom. The molecule has 200 valence electrons. The molecule has 0 saturated carbocycles. The smallest absolute Gasteiger partial charge is 0.343 e. The van der Waals surface area contributed by atoms with E-state index in [1.165, 1.54) is 4.90 Å². The van der Waals surface area contributed by atoms with E-state index in [1.54, 1.807) is 59.7 Å². The minimum atomic E-state index is -0.984. The SMILES string of the molecule is O=C(Oc1ccc([C@@H]2[C@H]3C(=O)N(c4cccc5ccccc45)C(=O)[C@@H]3ON2c2ccccc2)cc1)c1ccccc1. The standard InChI is InChI=1S/C34H24N2O5/c37-32-29-30(23-18-20-26(21-19-23)40-34(39)24-11-3-1-4-12-24)36(25-14-5-2-6-15-25)41-31(29)33(38)35(32)28-17-9-13-22-10-7-8-16-27(22)28/h1-21,29-31H/t29-,30-,31-/m1/s1. The first-order valence-corrected chi connectivity index (χ1v) is 13.3. The second-order valence-corrected chi connectivity index (χ2v) is 9.99. The lowest BCUT2D eigenvalue weighted by Crippen LogP contribution is -2.37. The first kappa shape index (κ1) is 24.7. The van der Waals surface area contributed by atoms with Crippen molar-refractivity contribution in [3.63, 3.8) is 0 Å². The molecule has 2 fully saturated rings. The monoisotopic (exact) mass is 540 g/mol. The minimum Gasteiger partial charge on any atom is -0.423 e. The van der Waals surface area contributed by atoms with Crippen LogP contribution in [-0.2, 0) is 14.4 Å². The quantitative estimate of drug-likeness (QED) is 0.152. The summed E-state index contributed by atoms with van der Waals surface area (Å²) in [5.74, 6) is -1.58. The third-order valence-corrected chi connectivity index (χ3v) is 7.58. The molecule has 2 aliphatic heterocycles. The zero-order valence-electron chi connectivity index (χ0n) is 21.8. The van der Waals surface area contributed by atoms with Crippen LogP contribution in [0.3, 0.4) is 0 Å². The molecule has 7 rings (SSSR count). The lowest BCUT2D eigenvalue weighted by molar-refractivity contribution is -0.126. The Hall–Kier alpha value is -5.27. The fraction of sp³-hybridized carbons (Fsp3) is 0.0882. The van der Waals surface area contributed by atoms with E-state index >= 15 is 0 Å². The summed E-state index contributed by atoms with van der Waals surface area (Å²) in [5.41, 5.74) is 2.47. The van der Waals surface area contributed by atoms with Gasteiger partial charge in [-0.25, -0.2) is 14.8 Å². The number of hydroxylamine groups is 1. The van der Waals surface area contributed by atoms with Crippen LogP contribution in [0.1, 0.15) is 22.0 Å². The van der Waals surface area contributed by atoms with Gasteiger partial charge in [-0.1, -0.05) is 84.9 Å².